The van der Waals surface area contributed by atoms with Crippen molar-refractivity contribution in [2.24, 2.45) is 5.92 Å². The highest BCUT2D eigenvalue weighted by Crippen LogP contribution is 2.37. The van der Waals surface area contributed by atoms with E-state index in [9.17, 15) is 4.79 Å². The van der Waals surface area contributed by atoms with Crippen molar-refractivity contribution < 1.29 is 14.3 Å². The molecule has 0 fully saturated rings. The summed E-state index contributed by atoms with van der Waals surface area (Å²) in [4.78, 5) is 14.9. The van der Waals surface area contributed by atoms with Crippen LogP contribution in [0.25, 0.3) is 22.4 Å². The molecule has 0 amide bonds. The lowest BCUT2D eigenvalue weighted by atomic mass is 9.81. The summed E-state index contributed by atoms with van der Waals surface area (Å²) in [6.45, 7) is 3.20. The Labute approximate surface area is 202 Å². The number of hydrogen-bond acceptors (Lipinski definition) is 4. The van der Waals surface area contributed by atoms with Crippen LogP contribution in [0.1, 0.15) is 41.3 Å². The van der Waals surface area contributed by atoms with E-state index in [-0.39, 0.29) is 5.97 Å². The Bertz CT molecular complexity index is 1240. The van der Waals surface area contributed by atoms with E-state index in [1.54, 1.807) is 7.11 Å². The minimum atomic E-state index is -0.277. The van der Waals surface area contributed by atoms with Gasteiger partial charge in [-0.2, -0.15) is 0 Å². The van der Waals surface area contributed by atoms with E-state index >= 15 is 0 Å². The van der Waals surface area contributed by atoms with Gasteiger partial charge in [-0.15, -0.1) is 0 Å². The molecule has 0 radical (unpaired) electrons. The van der Waals surface area contributed by atoms with Crippen LogP contribution in [0.4, 0.5) is 0 Å². The first-order valence-electron chi connectivity index (χ1n) is 11.9. The number of carbonyl (C=O) groups excluding carboxylic acids is 1. The van der Waals surface area contributed by atoms with Gasteiger partial charge in [0.2, 0.25) is 0 Å². The average molecular weight is 456 g/mol. The van der Waals surface area contributed by atoms with Crippen LogP contribution in [0.5, 0.6) is 5.75 Å². The lowest BCUT2D eigenvalue weighted by Gasteiger charge is -2.29. The summed E-state index contributed by atoms with van der Waals surface area (Å²) in [7, 11) is 5.96. The molecule has 3 aromatic rings. The minimum absolute atomic E-state index is 0.277. The Morgan fingerprint density at radius 3 is 2.68 bits per heavy atom. The number of rotatable bonds is 7. The molecule has 3 aromatic carbocycles. The second-order valence-electron chi connectivity index (χ2n) is 9.06. The van der Waals surface area contributed by atoms with E-state index in [1.165, 1.54) is 16.7 Å². The fraction of sp³-hybridized carbons (Fsp3) is 0.300. The molecule has 0 spiro atoms. The fourth-order valence-electron chi connectivity index (χ4n) is 4.76. The summed E-state index contributed by atoms with van der Waals surface area (Å²) < 4.78 is 10.8. The number of methoxy groups -OCH3 is 1. The standard InChI is InChI=1S/C30H33NO3/c1-5-34-30(32)29-18-22(16-23-9-6-7-12-27(23)29)15-21-13-14-25(20-31(2)3)28(17-21)24-10-8-11-26(19-24)33-4/h6-12,15-19,25H,5,13-14,20H2,1-4H3/b21-15+/t25-/m1/s1. The van der Waals surface area contributed by atoms with Crippen molar-refractivity contribution in [2.45, 2.75) is 19.8 Å². The van der Waals surface area contributed by atoms with Crippen molar-refractivity contribution in [3.8, 4) is 5.75 Å². The highest BCUT2D eigenvalue weighted by molar-refractivity contribution is 6.05. The molecule has 1 aliphatic rings. The van der Waals surface area contributed by atoms with Crippen molar-refractivity contribution in [3.05, 3.63) is 89.0 Å². The van der Waals surface area contributed by atoms with Gasteiger partial charge in [-0.25, -0.2) is 4.79 Å². The molecule has 4 nitrogen and oxygen atoms in total. The maximum atomic E-state index is 12.7. The fourth-order valence-corrected chi connectivity index (χ4v) is 4.76. The summed E-state index contributed by atoms with van der Waals surface area (Å²) in [5, 5.41) is 1.96. The average Bonchev–Trinajstić information content (AvgIpc) is 2.84. The van der Waals surface area contributed by atoms with E-state index in [0.29, 0.717) is 18.1 Å². The third-order valence-electron chi connectivity index (χ3n) is 6.28. The van der Waals surface area contributed by atoms with E-state index in [1.807, 2.05) is 43.3 Å². The number of hydrogen-bond donors (Lipinski definition) is 0. The van der Waals surface area contributed by atoms with Crippen LogP contribution in [0.3, 0.4) is 0 Å². The molecule has 176 valence electrons. The second-order valence-corrected chi connectivity index (χ2v) is 9.06. The molecule has 0 saturated heterocycles. The molecule has 0 unspecified atom stereocenters. The summed E-state index contributed by atoms with van der Waals surface area (Å²) in [6, 6.07) is 20.4. The number of nitrogens with zero attached hydrogens (tertiary/aromatic N) is 1. The summed E-state index contributed by atoms with van der Waals surface area (Å²) >= 11 is 0. The zero-order chi connectivity index (χ0) is 24.1. The zero-order valence-corrected chi connectivity index (χ0v) is 20.5. The van der Waals surface area contributed by atoms with Gasteiger partial charge in [-0.1, -0.05) is 48.6 Å². The maximum Gasteiger partial charge on any atom is 0.338 e. The van der Waals surface area contributed by atoms with Gasteiger partial charge in [0, 0.05) is 6.54 Å². The number of ether oxygens (including phenoxy) is 2. The SMILES string of the molecule is CCOC(=O)c1cc(/C=C2/C=C(c3cccc(OC)c3)[C@@H](CN(C)C)CC2)cc2ccccc12. The third kappa shape index (κ3) is 5.40. The Kier molecular flexibility index (Phi) is 7.49. The molecule has 1 atom stereocenters. The number of benzene rings is 3. The number of esters is 1. The van der Waals surface area contributed by atoms with Crippen molar-refractivity contribution in [3.63, 3.8) is 0 Å². The van der Waals surface area contributed by atoms with Crippen molar-refractivity contribution in [1.29, 1.82) is 0 Å². The van der Waals surface area contributed by atoms with Crippen molar-refractivity contribution in [2.75, 3.05) is 34.4 Å². The molecule has 0 aromatic heterocycles. The molecule has 0 heterocycles. The number of fused-ring (bicyclic) bond motifs is 1. The highest BCUT2D eigenvalue weighted by atomic mass is 16.5. The lowest BCUT2D eigenvalue weighted by molar-refractivity contribution is 0.0528. The van der Waals surface area contributed by atoms with Crippen molar-refractivity contribution in [1.82, 2.24) is 4.90 Å². The molecular formula is C30H33NO3. The Balaban J connectivity index is 1.78. The van der Waals surface area contributed by atoms with Gasteiger partial charge in [-0.05, 0) is 97.1 Å². The normalized spacial score (nSPS) is 17.1. The van der Waals surface area contributed by atoms with Gasteiger partial charge >= 0.3 is 5.97 Å². The highest BCUT2D eigenvalue weighted by Gasteiger charge is 2.22. The topological polar surface area (TPSA) is 38.8 Å². The van der Waals surface area contributed by atoms with Crippen molar-refractivity contribution >= 4 is 28.4 Å². The predicted molar refractivity (Wildman–Crippen MR) is 140 cm³/mol. The Morgan fingerprint density at radius 2 is 1.91 bits per heavy atom. The quantitative estimate of drug-likeness (QED) is 0.383. The van der Waals surface area contributed by atoms with Gasteiger partial charge in [0.25, 0.3) is 0 Å². The third-order valence-corrected chi connectivity index (χ3v) is 6.28. The largest absolute Gasteiger partial charge is 0.497 e. The molecule has 4 rings (SSSR count). The van der Waals surface area contributed by atoms with Crippen LogP contribution >= 0.6 is 0 Å². The smallest absolute Gasteiger partial charge is 0.338 e. The van der Waals surface area contributed by atoms with Crippen LogP contribution in [0, 0.1) is 5.92 Å². The van der Waals surface area contributed by atoms with Crippen LogP contribution in [0.15, 0.2) is 72.3 Å². The Hall–Kier alpha value is -3.37. The number of carbonyl (C=O) groups is 1. The van der Waals surface area contributed by atoms with Crippen LogP contribution in [-0.2, 0) is 4.74 Å². The van der Waals surface area contributed by atoms with Crippen LogP contribution in [-0.4, -0.2) is 45.2 Å². The molecule has 0 N–H and O–H groups in total. The maximum absolute atomic E-state index is 12.7. The summed E-state index contributed by atoms with van der Waals surface area (Å²) in [5.74, 6) is 1.04. The van der Waals surface area contributed by atoms with E-state index < -0.39 is 0 Å². The summed E-state index contributed by atoms with van der Waals surface area (Å²) in [6.07, 6.45) is 6.60. The Morgan fingerprint density at radius 1 is 1.09 bits per heavy atom. The van der Waals surface area contributed by atoms with Crippen LogP contribution in [0.2, 0.25) is 0 Å². The molecule has 0 saturated carbocycles. The molecule has 4 heteroatoms. The predicted octanol–water partition coefficient (Wildman–Crippen LogP) is 6.46. The molecule has 0 bridgehead atoms. The minimum Gasteiger partial charge on any atom is -0.497 e. The first-order valence-corrected chi connectivity index (χ1v) is 11.9. The first kappa shape index (κ1) is 23.8. The molecule has 34 heavy (non-hydrogen) atoms. The van der Waals surface area contributed by atoms with E-state index in [2.05, 4.69) is 55.4 Å². The zero-order valence-electron chi connectivity index (χ0n) is 20.5. The van der Waals surface area contributed by atoms with Crippen LogP contribution < -0.4 is 4.74 Å². The van der Waals surface area contributed by atoms with E-state index in [4.69, 9.17) is 9.47 Å². The van der Waals surface area contributed by atoms with Gasteiger partial charge in [-0.3, -0.25) is 0 Å². The van der Waals surface area contributed by atoms with Gasteiger partial charge in [0.1, 0.15) is 5.75 Å². The first-order chi connectivity index (χ1) is 16.5. The van der Waals surface area contributed by atoms with Gasteiger partial charge in [0.05, 0.1) is 19.3 Å². The molecular weight excluding hydrogens is 422 g/mol. The van der Waals surface area contributed by atoms with Gasteiger partial charge < -0.3 is 14.4 Å². The van der Waals surface area contributed by atoms with E-state index in [0.717, 1.165) is 41.5 Å². The van der Waals surface area contributed by atoms with Gasteiger partial charge in [0.15, 0.2) is 0 Å². The monoisotopic (exact) mass is 455 g/mol. The molecule has 1 aliphatic carbocycles. The molecule has 0 aliphatic heterocycles. The lowest BCUT2D eigenvalue weighted by Crippen LogP contribution is -2.24. The number of allylic oxidation sites excluding steroid dienone is 2. The summed E-state index contributed by atoms with van der Waals surface area (Å²) in [5.41, 5.74) is 5.42. The second kappa shape index (κ2) is 10.7.